The van der Waals surface area contributed by atoms with Crippen LogP contribution in [0.4, 0.5) is 0 Å². The fraction of sp³-hybridized carbons (Fsp3) is 0.455. The number of aromatic nitrogens is 2. The summed E-state index contributed by atoms with van der Waals surface area (Å²) in [6.45, 7) is 4.14. The number of rotatable bonds is 2. The predicted molar refractivity (Wildman–Crippen MR) is 108 cm³/mol. The van der Waals surface area contributed by atoms with Crippen LogP contribution < -0.4 is 10.1 Å². The molecule has 1 aliphatic carbocycles. The van der Waals surface area contributed by atoms with Gasteiger partial charge in [-0.15, -0.1) is 0 Å². The van der Waals surface area contributed by atoms with E-state index in [4.69, 9.17) is 4.74 Å². The van der Waals surface area contributed by atoms with Gasteiger partial charge in [0.2, 0.25) is 0 Å². The molecule has 1 spiro atoms. The molecular formula is C22H26N4O3. The van der Waals surface area contributed by atoms with E-state index in [2.05, 4.69) is 15.3 Å². The Hall–Kier alpha value is -2.96. The van der Waals surface area contributed by atoms with E-state index >= 15 is 0 Å². The van der Waals surface area contributed by atoms with Crippen molar-refractivity contribution < 1.29 is 14.3 Å². The quantitative estimate of drug-likeness (QED) is 0.847. The molecule has 152 valence electrons. The topological polar surface area (TPSA) is 84.4 Å². The highest BCUT2D eigenvalue weighted by Crippen LogP contribution is 2.37. The third-order valence-corrected chi connectivity index (χ3v) is 6.09. The number of carbonyl (C=O) groups is 2. The molecule has 0 unspecified atom stereocenters. The van der Waals surface area contributed by atoms with Gasteiger partial charge in [-0.25, -0.2) is 9.97 Å². The lowest BCUT2D eigenvalue weighted by atomic mass is 9.81. The molecule has 1 aliphatic heterocycles. The van der Waals surface area contributed by atoms with E-state index in [-0.39, 0.29) is 17.9 Å². The largest absolute Gasteiger partial charge is 0.485 e. The number of para-hydroxylation sites is 1. The molecule has 1 fully saturated rings. The van der Waals surface area contributed by atoms with Gasteiger partial charge in [0.25, 0.3) is 11.8 Å². The summed E-state index contributed by atoms with van der Waals surface area (Å²) >= 11 is 0. The molecule has 1 N–H and O–H groups in total. The third kappa shape index (κ3) is 3.69. The van der Waals surface area contributed by atoms with E-state index in [0.717, 1.165) is 25.7 Å². The van der Waals surface area contributed by atoms with Crippen LogP contribution in [0.3, 0.4) is 0 Å². The number of carbonyl (C=O) groups excluding carboxylic acids is 2. The van der Waals surface area contributed by atoms with Gasteiger partial charge in [0.05, 0.1) is 23.4 Å². The van der Waals surface area contributed by atoms with E-state index in [1.165, 1.54) is 0 Å². The summed E-state index contributed by atoms with van der Waals surface area (Å²) in [7, 11) is 1.84. The van der Waals surface area contributed by atoms with Gasteiger partial charge in [0.1, 0.15) is 17.2 Å². The molecule has 4 rings (SSSR count). The smallest absolute Gasteiger partial charge is 0.257 e. The fourth-order valence-electron chi connectivity index (χ4n) is 4.29. The molecule has 2 heterocycles. The number of hydrogen-bond acceptors (Lipinski definition) is 5. The number of nitrogens with zero attached hydrogens (tertiary/aromatic N) is 3. The summed E-state index contributed by atoms with van der Waals surface area (Å²) in [5, 5.41) is 3.01. The van der Waals surface area contributed by atoms with Gasteiger partial charge in [-0.3, -0.25) is 9.59 Å². The lowest BCUT2D eigenvalue weighted by molar-refractivity contribution is 0.0103. The Labute approximate surface area is 170 Å². The van der Waals surface area contributed by atoms with Gasteiger partial charge in [0.15, 0.2) is 0 Å². The average molecular weight is 394 g/mol. The third-order valence-electron chi connectivity index (χ3n) is 6.09. The highest BCUT2D eigenvalue weighted by molar-refractivity contribution is 5.97. The number of fused-ring (bicyclic) bond motifs is 1. The number of benzene rings is 1. The molecule has 2 aromatic rings. The van der Waals surface area contributed by atoms with Gasteiger partial charge in [-0.05, 0) is 51.7 Å². The molecule has 1 aromatic carbocycles. The Balaban J connectivity index is 1.46. The molecule has 2 aliphatic rings. The van der Waals surface area contributed by atoms with Crippen molar-refractivity contribution in [3.63, 3.8) is 0 Å². The first-order valence-electron chi connectivity index (χ1n) is 10.0. The second-order valence-corrected chi connectivity index (χ2v) is 8.03. The summed E-state index contributed by atoms with van der Waals surface area (Å²) in [4.78, 5) is 35.6. The lowest BCUT2D eigenvalue weighted by Gasteiger charge is -2.42. The zero-order chi connectivity index (χ0) is 20.6. The molecule has 2 amide bonds. The van der Waals surface area contributed by atoms with Crippen molar-refractivity contribution in [2.75, 3.05) is 13.6 Å². The van der Waals surface area contributed by atoms with Crippen LogP contribution in [-0.4, -0.2) is 51.9 Å². The zero-order valence-corrected chi connectivity index (χ0v) is 17.1. The van der Waals surface area contributed by atoms with Crippen molar-refractivity contribution in [2.24, 2.45) is 0 Å². The van der Waals surface area contributed by atoms with Gasteiger partial charge in [0, 0.05) is 19.3 Å². The Morgan fingerprint density at radius 2 is 1.97 bits per heavy atom. The number of aryl methyl sites for hydroxylation is 2. The van der Waals surface area contributed by atoms with Gasteiger partial charge >= 0.3 is 0 Å². The zero-order valence-electron chi connectivity index (χ0n) is 17.1. The maximum Gasteiger partial charge on any atom is 0.257 e. The second-order valence-electron chi connectivity index (χ2n) is 8.03. The summed E-state index contributed by atoms with van der Waals surface area (Å²) in [6, 6.07) is 7.48. The van der Waals surface area contributed by atoms with Crippen molar-refractivity contribution in [2.45, 2.75) is 51.2 Å². The van der Waals surface area contributed by atoms with Gasteiger partial charge in [-0.2, -0.15) is 0 Å². The van der Waals surface area contributed by atoms with E-state index < -0.39 is 5.60 Å². The average Bonchev–Trinajstić information content (AvgIpc) is 2.85. The molecule has 29 heavy (non-hydrogen) atoms. The molecule has 0 saturated heterocycles. The minimum absolute atomic E-state index is 0.0520. The number of nitrogens with one attached hydrogen (secondary N) is 1. The maximum absolute atomic E-state index is 13.0. The standard InChI is InChI=1S/C22H26N4O3/c1-14-18(12-23-15(2)25-14)21(28)26(3)16-8-10-22(11-9-16)13-24-20(27)17-6-4-5-7-19(17)29-22/h4-7,12,16H,8-11,13H2,1-3H3,(H,24,27). The van der Waals surface area contributed by atoms with Crippen molar-refractivity contribution >= 4 is 11.8 Å². The molecule has 0 bridgehead atoms. The SMILES string of the molecule is Cc1ncc(C(=O)N(C)C2CCC3(CC2)CNC(=O)c2ccccc2O3)c(C)n1. The van der Waals surface area contributed by atoms with Crippen molar-refractivity contribution in [3.8, 4) is 5.75 Å². The molecule has 7 nitrogen and oxygen atoms in total. The van der Waals surface area contributed by atoms with E-state index in [0.29, 0.717) is 34.9 Å². The lowest BCUT2D eigenvalue weighted by Crippen LogP contribution is -2.51. The van der Waals surface area contributed by atoms with Crippen LogP contribution in [0, 0.1) is 13.8 Å². The summed E-state index contributed by atoms with van der Waals surface area (Å²) < 4.78 is 6.35. The van der Waals surface area contributed by atoms with Crippen LogP contribution in [0.1, 0.15) is 57.9 Å². The Morgan fingerprint density at radius 1 is 1.24 bits per heavy atom. The number of amides is 2. The summed E-state index contributed by atoms with van der Waals surface area (Å²) in [5.41, 5.74) is 1.40. The Morgan fingerprint density at radius 3 is 2.69 bits per heavy atom. The first-order valence-corrected chi connectivity index (χ1v) is 10.0. The Bertz CT molecular complexity index is 951. The van der Waals surface area contributed by atoms with Crippen LogP contribution in [0.25, 0.3) is 0 Å². The van der Waals surface area contributed by atoms with E-state index in [1.54, 1.807) is 17.2 Å². The second kappa shape index (κ2) is 7.46. The van der Waals surface area contributed by atoms with Crippen molar-refractivity contribution in [1.29, 1.82) is 0 Å². The summed E-state index contributed by atoms with van der Waals surface area (Å²) in [5.74, 6) is 1.15. The fourth-order valence-corrected chi connectivity index (χ4v) is 4.29. The van der Waals surface area contributed by atoms with Crippen molar-refractivity contribution in [3.05, 3.63) is 53.1 Å². The molecule has 0 atom stereocenters. The van der Waals surface area contributed by atoms with Crippen molar-refractivity contribution in [1.82, 2.24) is 20.2 Å². The monoisotopic (exact) mass is 394 g/mol. The van der Waals surface area contributed by atoms with Crippen LogP contribution >= 0.6 is 0 Å². The Kier molecular flexibility index (Phi) is 4.98. The van der Waals surface area contributed by atoms with Gasteiger partial charge < -0.3 is 15.0 Å². The first kappa shape index (κ1) is 19.4. The van der Waals surface area contributed by atoms with Crippen LogP contribution in [-0.2, 0) is 0 Å². The first-order chi connectivity index (χ1) is 13.9. The molecular weight excluding hydrogens is 368 g/mol. The minimum Gasteiger partial charge on any atom is -0.485 e. The summed E-state index contributed by atoms with van der Waals surface area (Å²) in [6.07, 6.45) is 4.78. The van der Waals surface area contributed by atoms with Crippen LogP contribution in [0.15, 0.2) is 30.5 Å². The molecule has 1 saturated carbocycles. The molecule has 0 radical (unpaired) electrons. The number of ether oxygens (including phenoxy) is 1. The highest BCUT2D eigenvalue weighted by atomic mass is 16.5. The van der Waals surface area contributed by atoms with Gasteiger partial charge in [-0.1, -0.05) is 12.1 Å². The number of hydrogen-bond donors (Lipinski definition) is 1. The molecule has 1 aromatic heterocycles. The highest BCUT2D eigenvalue weighted by Gasteiger charge is 2.41. The predicted octanol–water partition coefficient (Wildman–Crippen LogP) is 2.67. The molecule has 7 heteroatoms. The van der Waals surface area contributed by atoms with Crippen LogP contribution in [0.2, 0.25) is 0 Å². The maximum atomic E-state index is 13.0. The normalized spacial score (nSPS) is 23.6. The minimum atomic E-state index is -0.425. The van der Waals surface area contributed by atoms with E-state index in [9.17, 15) is 9.59 Å². The van der Waals surface area contributed by atoms with Crippen LogP contribution in [0.5, 0.6) is 5.75 Å². The van der Waals surface area contributed by atoms with E-state index in [1.807, 2.05) is 39.1 Å².